The molecule has 1 atom stereocenters. The van der Waals surface area contributed by atoms with Gasteiger partial charge in [-0.3, -0.25) is 9.59 Å². The van der Waals surface area contributed by atoms with Crippen LogP contribution in [0.5, 0.6) is 0 Å². The van der Waals surface area contributed by atoms with Crippen molar-refractivity contribution >= 4 is 21.8 Å². The number of carbonyl (C=O) groups is 2. The zero-order chi connectivity index (χ0) is 29.1. The smallest absolute Gasteiger partial charge is 0.243 e. The topological polar surface area (TPSA) is 95.6 Å². The molecule has 3 aromatic carbocycles. The van der Waals surface area contributed by atoms with Gasteiger partial charge in [-0.15, -0.1) is 0 Å². The van der Waals surface area contributed by atoms with E-state index in [0.717, 1.165) is 11.1 Å². The van der Waals surface area contributed by atoms with Crippen LogP contribution < -0.4 is 10.0 Å². The number of nitrogens with zero attached hydrogens (tertiary/aromatic N) is 1. The first kappa shape index (κ1) is 31.0. The van der Waals surface area contributed by atoms with Crippen molar-refractivity contribution in [3.8, 4) is 0 Å². The monoisotopic (exact) mass is 567 g/mol. The highest BCUT2D eigenvalue weighted by Crippen LogP contribution is 2.18. The molecular formula is C31H38FN3O4S. The number of aryl methyl sites for hydroxylation is 1. The highest BCUT2D eigenvalue weighted by atomic mass is 32.2. The summed E-state index contributed by atoms with van der Waals surface area (Å²) in [6.07, 6.45) is 0.809. The van der Waals surface area contributed by atoms with E-state index in [1.807, 2.05) is 44.2 Å². The van der Waals surface area contributed by atoms with Gasteiger partial charge in [0.15, 0.2) is 0 Å². The van der Waals surface area contributed by atoms with Crippen molar-refractivity contribution in [2.75, 3.05) is 13.1 Å². The molecule has 0 bridgehead atoms. The Balaban J connectivity index is 1.86. The van der Waals surface area contributed by atoms with Gasteiger partial charge in [0.2, 0.25) is 21.8 Å². The van der Waals surface area contributed by atoms with Crippen LogP contribution in [0.1, 0.15) is 43.9 Å². The molecule has 0 spiro atoms. The summed E-state index contributed by atoms with van der Waals surface area (Å²) in [5.74, 6) is -0.612. The maximum Gasteiger partial charge on any atom is 0.243 e. The van der Waals surface area contributed by atoms with Gasteiger partial charge < -0.3 is 10.2 Å². The van der Waals surface area contributed by atoms with Crippen LogP contribution in [0, 0.1) is 11.7 Å². The van der Waals surface area contributed by atoms with Crippen molar-refractivity contribution < 1.29 is 22.4 Å². The number of sulfonamides is 1. The van der Waals surface area contributed by atoms with E-state index in [-0.39, 0.29) is 48.0 Å². The molecular weight excluding hydrogens is 529 g/mol. The van der Waals surface area contributed by atoms with Crippen LogP contribution in [0.25, 0.3) is 0 Å². The fraction of sp³-hybridized carbons (Fsp3) is 0.355. The van der Waals surface area contributed by atoms with E-state index in [1.54, 1.807) is 36.1 Å². The van der Waals surface area contributed by atoms with E-state index >= 15 is 0 Å². The van der Waals surface area contributed by atoms with E-state index < -0.39 is 16.1 Å². The van der Waals surface area contributed by atoms with Gasteiger partial charge in [-0.25, -0.2) is 17.5 Å². The molecule has 0 fully saturated rings. The molecule has 0 aliphatic rings. The molecule has 2 N–H and O–H groups in total. The minimum Gasteiger partial charge on any atom is -0.354 e. The predicted molar refractivity (Wildman–Crippen MR) is 154 cm³/mol. The Morgan fingerprint density at radius 2 is 1.50 bits per heavy atom. The van der Waals surface area contributed by atoms with E-state index in [4.69, 9.17) is 0 Å². The number of benzene rings is 3. The predicted octanol–water partition coefficient (Wildman–Crippen LogP) is 4.47. The third-order valence-electron chi connectivity index (χ3n) is 6.42. The molecule has 0 unspecified atom stereocenters. The zero-order valence-electron chi connectivity index (χ0n) is 23.3. The molecule has 7 nitrogen and oxygen atoms in total. The van der Waals surface area contributed by atoms with Crippen LogP contribution in [0.2, 0.25) is 0 Å². The standard InChI is InChI=1S/C31H38FN3O4S/c1-4-34-40(38,39)28-17-12-24(13-18-28)14-19-30(36)35(22-26-10-15-27(32)16-11-26)29(31(37)33-21-23(2)3)20-25-8-6-5-7-9-25/h5-13,15-18,23,29,34H,4,14,19-22H2,1-3H3,(H,33,37)/t29-/m0/s1. The minimum atomic E-state index is -3.57. The number of amides is 2. The van der Waals surface area contributed by atoms with E-state index in [2.05, 4.69) is 10.0 Å². The molecule has 3 aromatic rings. The molecule has 2 amide bonds. The second-order valence-electron chi connectivity index (χ2n) is 10.1. The van der Waals surface area contributed by atoms with Crippen LogP contribution in [0.3, 0.4) is 0 Å². The first-order valence-corrected chi connectivity index (χ1v) is 15.0. The molecule has 9 heteroatoms. The summed E-state index contributed by atoms with van der Waals surface area (Å²) in [4.78, 5) is 28.9. The first-order valence-electron chi connectivity index (χ1n) is 13.5. The Morgan fingerprint density at radius 1 is 0.875 bits per heavy atom. The van der Waals surface area contributed by atoms with Crippen molar-refractivity contribution in [2.45, 2.75) is 57.5 Å². The Labute approximate surface area is 236 Å². The zero-order valence-corrected chi connectivity index (χ0v) is 24.1. The van der Waals surface area contributed by atoms with Crippen LogP contribution >= 0.6 is 0 Å². The third kappa shape index (κ3) is 9.27. The molecule has 0 aromatic heterocycles. The van der Waals surface area contributed by atoms with Crippen molar-refractivity contribution in [1.82, 2.24) is 14.9 Å². The molecule has 0 aliphatic carbocycles. The van der Waals surface area contributed by atoms with Gasteiger partial charge >= 0.3 is 0 Å². The maximum absolute atomic E-state index is 13.7. The van der Waals surface area contributed by atoms with Gasteiger partial charge in [0.05, 0.1) is 4.90 Å². The number of hydrogen-bond acceptors (Lipinski definition) is 4. The first-order chi connectivity index (χ1) is 19.1. The molecule has 3 rings (SSSR count). The summed E-state index contributed by atoms with van der Waals surface area (Å²) in [6, 6.07) is 21.1. The van der Waals surface area contributed by atoms with Crippen LogP contribution in [0.15, 0.2) is 83.8 Å². The Bertz CT molecular complexity index is 1350. The number of carbonyl (C=O) groups excluding carboxylic acids is 2. The summed E-state index contributed by atoms with van der Waals surface area (Å²) < 4.78 is 40.5. The quantitative estimate of drug-likeness (QED) is 0.301. The summed E-state index contributed by atoms with van der Waals surface area (Å²) in [7, 11) is -3.57. The normalized spacial score (nSPS) is 12.2. The lowest BCUT2D eigenvalue weighted by molar-refractivity contribution is -0.141. The number of nitrogens with one attached hydrogen (secondary N) is 2. The summed E-state index contributed by atoms with van der Waals surface area (Å²) in [5.41, 5.74) is 2.43. The Morgan fingerprint density at radius 3 is 2.10 bits per heavy atom. The second-order valence-corrected chi connectivity index (χ2v) is 11.9. The fourth-order valence-corrected chi connectivity index (χ4v) is 5.31. The Kier molecular flexibility index (Phi) is 11.4. The molecule has 0 radical (unpaired) electrons. The average Bonchev–Trinajstić information content (AvgIpc) is 2.94. The van der Waals surface area contributed by atoms with Crippen molar-refractivity contribution in [3.05, 3.63) is 101 Å². The fourth-order valence-electron chi connectivity index (χ4n) is 4.27. The van der Waals surface area contributed by atoms with E-state index in [1.165, 1.54) is 24.3 Å². The minimum absolute atomic E-state index is 0.114. The molecule has 0 saturated heterocycles. The number of rotatable bonds is 14. The molecule has 0 saturated carbocycles. The largest absolute Gasteiger partial charge is 0.354 e. The van der Waals surface area contributed by atoms with Gasteiger partial charge in [-0.1, -0.05) is 75.4 Å². The van der Waals surface area contributed by atoms with Gasteiger partial charge in [-0.05, 0) is 53.3 Å². The molecule has 214 valence electrons. The van der Waals surface area contributed by atoms with Crippen molar-refractivity contribution in [3.63, 3.8) is 0 Å². The van der Waals surface area contributed by atoms with Gasteiger partial charge in [0.25, 0.3) is 0 Å². The van der Waals surface area contributed by atoms with Gasteiger partial charge in [0, 0.05) is 32.5 Å². The van der Waals surface area contributed by atoms with E-state index in [9.17, 15) is 22.4 Å². The maximum atomic E-state index is 13.7. The van der Waals surface area contributed by atoms with Gasteiger partial charge in [0.1, 0.15) is 11.9 Å². The highest BCUT2D eigenvalue weighted by Gasteiger charge is 2.30. The molecule has 0 aliphatic heterocycles. The van der Waals surface area contributed by atoms with Crippen LogP contribution in [0.4, 0.5) is 4.39 Å². The Hall–Kier alpha value is -3.56. The lowest BCUT2D eigenvalue weighted by Gasteiger charge is -2.32. The molecule has 0 heterocycles. The second kappa shape index (κ2) is 14.7. The summed E-state index contributed by atoms with van der Waals surface area (Å²) in [5, 5.41) is 2.98. The van der Waals surface area contributed by atoms with E-state index in [0.29, 0.717) is 24.9 Å². The van der Waals surface area contributed by atoms with Gasteiger partial charge in [-0.2, -0.15) is 0 Å². The third-order valence-corrected chi connectivity index (χ3v) is 7.98. The van der Waals surface area contributed by atoms with Crippen LogP contribution in [-0.4, -0.2) is 44.3 Å². The molecule has 40 heavy (non-hydrogen) atoms. The average molecular weight is 568 g/mol. The summed E-state index contributed by atoms with van der Waals surface area (Å²) >= 11 is 0. The van der Waals surface area contributed by atoms with Crippen molar-refractivity contribution in [1.29, 1.82) is 0 Å². The number of halogens is 1. The van der Waals surface area contributed by atoms with Crippen molar-refractivity contribution in [2.24, 2.45) is 5.92 Å². The lowest BCUT2D eigenvalue weighted by atomic mass is 10.0. The van der Waals surface area contributed by atoms with Crippen LogP contribution in [-0.2, 0) is 39.0 Å². The lowest BCUT2D eigenvalue weighted by Crippen LogP contribution is -2.51. The highest BCUT2D eigenvalue weighted by molar-refractivity contribution is 7.89. The number of hydrogen-bond donors (Lipinski definition) is 2. The summed E-state index contributed by atoms with van der Waals surface area (Å²) in [6.45, 7) is 6.63. The SMILES string of the molecule is CCNS(=O)(=O)c1ccc(CCC(=O)N(Cc2ccc(F)cc2)[C@@H](Cc2ccccc2)C(=O)NCC(C)C)cc1.